The van der Waals surface area contributed by atoms with Crippen LogP contribution < -0.4 is 20.6 Å². The summed E-state index contributed by atoms with van der Waals surface area (Å²) in [6.45, 7) is 2.11. The third kappa shape index (κ3) is 4.69. The van der Waals surface area contributed by atoms with Gasteiger partial charge in [0.1, 0.15) is 12.3 Å². The molecule has 0 aliphatic rings. The Kier molecular flexibility index (Phi) is 5.78. The maximum atomic E-state index is 11.3. The molecule has 3 aromatic rings. The van der Waals surface area contributed by atoms with Gasteiger partial charge in [-0.1, -0.05) is 36.4 Å². The van der Waals surface area contributed by atoms with Crippen molar-refractivity contribution in [2.24, 2.45) is 5.10 Å². The summed E-state index contributed by atoms with van der Waals surface area (Å²) in [5, 5.41) is 10.2. The Morgan fingerprint density at radius 1 is 1.19 bits per heavy atom. The first-order chi connectivity index (χ1) is 13.2. The Balaban J connectivity index is 1.80. The minimum absolute atomic E-state index is 0.282. The lowest BCUT2D eigenvalue weighted by Gasteiger charge is -2.13. The number of H-pyrrole nitrogens is 1. The second-order valence-electron chi connectivity index (χ2n) is 5.60. The lowest BCUT2D eigenvalue weighted by Crippen LogP contribution is -2.15. The van der Waals surface area contributed by atoms with Crippen LogP contribution in [0.2, 0.25) is 0 Å². The summed E-state index contributed by atoms with van der Waals surface area (Å²) in [7, 11) is 1.58. The lowest BCUT2D eigenvalue weighted by molar-refractivity contribution is 0.284. The van der Waals surface area contributed by atoms with Crippen molar-refractivity contribution in [1.82, 2.24) is 15.2 Å². The molecule has 8 heteroatoms. The predicted molar refractivity (Wildman–Crippen MR) is 102 cm³/mol. The molecule has 0 aliphatic carbocycles. The van der Waals surface area contributed by atoms with E-state index in [2.05, 4.69) is 25.7 Å². The first-order valence-corrected chi connectivity index (χ1v) is 8.23. The third-order valence-electron chi connectivity index (χ3n) is 3.70. The van der Waals surface area contributed by atoms with Gasteiger partial charge < -0.3 is 9.47 Å². The number of hydrogen-bond donors (Lipinski definition) is 2. The van der Waals surface area contributed by atoms with Crippen molar-refractivity contribution in [3.63, 3.8) is 0 Å². The summed E-state index contributed by atoms with van der Waals surface area (Å²) in [5.74, 6) is 1.45. The van der Waals surface area contributed by atoms with Crippen molar-refractivity contribution in [1.29, 1.82) is 0 Å². The molecule has 0 spiro atoms. The minimum Gasteiger partial charge on any atom is -0.493 e. The van der Waals surface area contributed by atoms with E-state index in [9.17, 15) is 4.79 Å². The number of nitrogens with one attached hydrogen (secondary N) is 2. The Morgan fingerprint density at radius 2 is 2.00 bits per heavy atom. The predicted octanol–water partition coefficient (Wildman–Crippen LogP) is 2.51. The molecular formula is C19H19N5O3. The monoisotopic (exact) mass is 365 g/mol. The second kappa shape index (κ2) is 8.61. The molecule has 3 rings (SSSR count). The fourth-order valence-corrected chi connectivity index (χ4v) is 2.34. The Labute approximate surface area is 155 Å². The largest absolute Gasteiger partial charge is 0.493 e. The van der Waals surface area contributed by atoms with Gasteiger partial charge in [-0.15, -0.1) is 0 Å². The SMILES string of the molecule is COc1cccc(/C=N\Nc2nc(=O)[nH]nc2C)c1OCc1ccccc1. The van der Waals surface area contributed by atoms with Crippen LogP contribution in [-0.4, -0.2) is 28.5 Å². The molecular weight excluding hydrogens is 346 g/mol. The highest BCUT2D eigenvalue weighted by molar-refractivity contribution is 5.85. The van der Waals surface area contributed by atoms with Gasteiger partial charge in [0.25, 0.3) is 0 Å². The fourth-order valence-electron chi connectivity index (χ4n) is 2.34. The number of aromatic nitrogens is 3. The molecule has 0 aliphatic heterocycles. The molecule has 0 fully saturated rings. The van der Waals surface area contributed by atoms with Crippen LogP contribution in [0.4, 0.5) is 5.82 Å². The molecule has 0 bridgehead atoms. The van der Waals surface area contributed by atoms with Crippen molar-refractivity contribution in [3.05, 3.63) is 75.8 Å². The van der Waals surface area contributed by atoms with Crippen LogP contribution in [0.3, 0.4) is 0 Å². The highest BCUT2D eigenvalue weighted by Gasteiger charge is 2.10. The number of hydrazone groups is 1. The topological polar surface area (TPSA) is 101 Å². The van der Waals surface area contributed by atoms with Crippen LogP contribution in [0.1, 0.15) is 16.8 Å². The van der Waals surface area contributed by atoms with Crippen molar-refractivity contribution in [2.75, 3.05) is 12.5 Å². The van der Waals surface area contributed by atoms with Crippen LogP contribution in [0.5, 0.6) is 11.5 Å². The first-order valence-electron chi connectivity index (χ1n) is 8.23. The van der Waals surface area contributed by atoms with E-state index < -0.39 is 5.69 Å². The molecule has 138 valence electrons. The summed E-state index contributed by atoms with van der Waals surface area (Å²) in [6.07, 6.45) is 1.57. The molecule has 0 radical (unpaired) electrons. The highest BCUT2D eigenvalue weighted by atomic mass is 16.5. The number of hydrogen-bond acceptors (Lipinski definition) is 7. The van der Waals surface area contributed by atoms with Gasteiger partial charge in [0.2, 0.25) is 0 Å². The molecule has 2 aromatic carbocycles. The van der Waals surface area contributed by atoms with Crippen LogP contribution in [0, 0.1) is 6.92 Å². The van der Waals surface area contributed by atoms with Gasteiger partial charge in [-0.2, -0.15) is 15.2 Å². The zero-order valence-corrected chi connectivity index (χ0v) is 15.0. The van der Waals surface area contributed by atoms with Crippen LogP contribution in [0.25, 0.3) is 0 Å². The maximum absolute atomic E-state index is 11.3. The number of ether oxygens (including phenoxy) is 2. The average molecular weight is 365 g/mol. The summed E-state index contributed by atoms with van der Waals surface area (Å²) in [6, 6.07) is 15.3. The number of rotatable bonds is 7. The van der Waals surface area contributed by atoms with E-state index in [1.807, 2.05) is 48.5 Å². The highest BCUT2D eigenvalue weighted by Crippen LogP contribution is 2.30. The number of methoxy groups -OCH3 is 1. The molecule has 1 heterocycles. The van der Waals surface area contributed by atoms with Gasteiger partial charge in [0.05, 0.1) is 13.3 Å². The standard InChI is InChI=1S/C19H19N5O3/c1-13-18(21-19(25)24-22-13)23-20-11-15-9-6-10-16(26-2)17(15)27-12-14-7-4-3-5-8-14/h3-11H,12H2,1-2H3,(H2,21,23,24,25)/b20-11-. The number of aryl methyl sites for hydroxylation is 1. The van der Waals surface area contributed by atoms with Gasteiger partial charge in [-0.05, 0) is 24.6 Å². The Morgan fingerprint density at radius 3 is 2.78 bits per heavy atom. The van der Waals surface area contributed by atoms with Gasteiger partial charge >= 0.3 is 5.69 Å². The molecule has 0 amide bonds. The lowest BCUT2D eigenvalue weighted by atomic mass is 10.2. The molecule has 0 atom stereocenters. The van der Waals surface area contributed by atoms with Crippen LogP contribution in [-0.2, 0) is 6.61 Å². The maximum Gasteiger partial charge on any atom is 0.363 e. The van der Waals surface area contributed by atoms with Crippen molar-refractivity contribution < 1.29 is 9.47 Å². The van der Waals surface area contributed by atoms with Crippen LogP contribution >= 0.6 is 0 Å². The summed E-state index contributed by atoms with van der Waals surface area (Å²) >= 11 is 0. The zero-order chi connectivity index (χ0) is 19.1. The first kappa shape index (κ1) is 18.1. The number of aromatic amines is 1. The Bertz CT molecular complexity index is 986. The molecule has 8 nitrogen and oxygen atoms in total. The third-order valence-corrected chi connectivity index (χ3v) is 3.70. The van der Waals surface area contributed by atoms with Gasteiger partial charge in [-0.3, -0.25) is 5.43 Å². The summed E-state index contributed by atoms with van der Waals surface area (Å²) < 4.78 is 11.4. The Hall–Kier alpha value is -3.68. The summed E-state index contributed by atoms with van der Waals surface area (Å²) in [5.41, 5.74) is 4.45. The van der Waals surface area contributed by atoms with Gasteiger partial charge in [0, 0.05) is 5.56 Å². The van der Waals surface area contributed by atoms with E-state index in [-0.39, 0.29) is 5.82 Å². The van der Waals surface area contributed by atoms with E-state index in [0.29, 0.717) is 29.4 Å². The van der Waals surface area contributed by atoms with E-state index >= 15 is 0 Å². The fraction of sp³-hybridized carbons (Fsp3) is 0.158. The van der Waals surface area contributed by atoms with E-state index in [1.165, 1.54) is 0 Å². The van der Waals surface area contributed by atoms with Crippen LogP contribution in [0.15, 0.2) is 58.4 Å². The number of anilines is 1. The van der Waals surface area contributed by atoms with Gasteiger partial charge in [0.15, 0.2) is 17.3 Å². The van der Waals surface area contributed by atoms with Crippen molar-refractivity contribution in [2.45, 2.75) is 13.5 Å². The van der Waals surface area contributed by atoms with E-state index in [0.717, 1.165) is 5.56 Å². The molecule has 0 saturated carbocycles. The average Bonchev–Trinajstić information content (AvgIpc) is 2.70. The normalized spacial score (nSPS) is 10.7. The smallest absolute Gasteiger partial charge is 0.363 e. The number of para-hydroxylation sites is 1. The van der Waals surface area contributed by atoms with Crippen molar-refractivity contribution in [3.8, 4) is 11.5 Å². The number of benzene rings is 2. The molecule has 2 N–H and O–H groups in total. The second-order valence-corrected chi connectivity index (χ2v) is 5.60. The zero-order valence-electron chi connectivity index (χ0n) is 15.0. The van der Waals surface area contributed by atoms with Crippen molar-refractivity contribution >= 4 is 12.0 Å². The molecule has 1 aromatic heterocycles. The molecule has 27 heavy (non-hydrogen) atoms. The van der Waals surface area contributed by atoms with E-state index in [1.54, 1.807) is 20.2 Å². The number of nitrogens with zero attached hydrogens (tertiary/aromatic N) is 3. The van der Waals surface area contributed by atoms with E-state index in [4.69, 9.17) is 9.47 Å². The minimum atomic E-state index is -0.549. The summed E-state index contributed by atoms with van der Waals surface area (Å²) in [4.78, 5) is 15.1. The molecule has 0 unspecified atom stereocenters. The van der Waals surface area contributed by atoms with Gasteiger partial charge in [-0.25, -0.2) is 9.89 Å². The quantitative estimate of drug-likeness (QED) is 0.493. The molecule has 0 saturated heterocycles.